The molecule has 0 aromatic rings. The van der Waals surface area contributed by atoms with Crippen molar-refractivity contribution in [3.63, 3.8) is 0 Å². The number of fused-ring (bicyclic) bond motifs is 1. The minimum atomic E-state index is 0.392. The van der Waals surface area contributed by atoms with Crippen molar-refractivity contribution in [3.05, 3.63) is 12.2 Å². The molecule has 0 N–H and O–H groups in total. The average molecular weight is 150 g/mol. The third-order valence-electron chi connectivity index (χ3n) is 3.01. The van der Waals surface area contributed by atoms with Crippen LogP contribution in [0.25, 0.3) is 0 Å². The van der Waals surface area contributed by atoms with Gasteiger partial charge in [-0.3, -0.25) is 4.79 Å². The monoisotopic (exact) mass is 150 g/mol. The summed E-state index contributed by atoms with van der Waals surface area (Å²) < 4.78 is 0. The number of hydrogen-bond donors (Lipinski definition) is 0. The van der Waals surface area contributed by atoms with E-state index in [2.05, 4.69) is 19.1 Å². The second kappa shape index (κ2) is 2.47. The minimum Gasteiger partial charge on any atom is -0.299 e. The fourth-order valence-electron chi connectivity index (χ4n) is 2.39. The zero-order valence-corrected chi connectivity index (χ0v) is 6.92. The zero-order chi connectivity index (χ0) is 7.84. The molecule has 0 aromatic heterocycles. The number of carbonyl (C=O) groups is 1. The second-order valence-corrected chi connectivity index (χ2v) is 3.65. The highest BCUT2D eigenvalue weighted by Crippen LogP contribution is 2.46. The normalized spacial score (nSPS) is 40.5. The second-order valence-electron chi connectivity index (χ2n) is 3.65. The van der Waals surface area contributed by atoms with Gasteiger partial charge in [0.15, 0.2) is 0 Å². The summed E-state index contributed by atoms with van der Waals surface area (Å²) in [4.78, 5) is 11.4. The summed E-state index contributed by atoms with van der Waals surface area (Å²) >= 11 is 0. The third kappa shape index (κ3) is 0.867. The van der Waals surface area contributed by atoms with E-state index in [-0.39, 0.29) is 0 Å². The summed E-state index contributed by atoms with van der Waals surface area (Å²) in [6.45, 7) is 2.15. The fraction of sp³-hybridized carbons (Fsp3) is 0.700. The highest BCUT2D eigenvalue weighted by molar-refractivity contribution is 5.91. The molecule has 0 radical (unpaired) electrons. The van der Waals surface area contributed by atoms with Crippen LogP contribution in [0, 0.1) is 17.8 Å². The van der Waals surface area contributed by atoms with Crippen molar-refractivity contribution in [1.29, 1.82) is 0 Å². The maximum atomic E-state index is 11.4. The summed E-state index contributed by atoms with van der Waals surface area (Å²) in [5.74, 6) is 1.94. The van der Waals surface area contributed by atoms with Crippen molar-refractivity contribution < 1.29 is 4.79 Å². The molecule has 0 aromatic carbocycles. The molecule has 0 saturated heterocycles. The molecule has 2 rings (SSSR count). The highest BCUT2D eigenvalue weighted by Gasteiger charge is 2.48. The number of hydrogen-bond acceptors (Lipinski definition) is 1. The largest absolute Gasteiger partial charge is 0.299 e. The van der Waals surface area contributed by atoms with Crippen LogP contribution in [0.5, 0.6) is 0 Å². The van der Waals surface area contributed by atoms with Crippen LogP contribution in [0.1, 0.15) is 26.2 Å². The number of rotatable bonds is 2. The molecule has 11 heavy (non-hydrogen) atoms. The molecule has 2 aliphatic carbocycles. The molecule has 1 heteroatoms. The topological polar surface area (TPSA) is 17.1 Å². The van der Waals surface area contributed by atoms with Crippen molar-refractivity contribution in [2.24, 2.45) is 17.8 Å². The number of ketones is 1. The zero-order valence-electron chi connectivity index (χ0n) is 6.92. The van der Waals surface area contributed by atoms with Crippen LogP contribution < -0.4 is 0 Å². The van der Waals surface area contributed by atoms with Gasteiger partial charge in [-0.05, 0) is 18.8 Å². The smallest absolute Gasteiger partial charge is 0.140 e. The van der Waals surface area contributed by atoms with Crippen molar-refractivity contribution in [2.45, 2.75) is 26.2 Å². The quantitative estimate of drug-likeness (QED) is 0.551. The maximum Gasteiger partial charge on any atom is 0.140 e. The first-order valence-corrected chi connectivity index (χ1v) is 4.55. The molecule has 0 aliphatic heterocycles. The Morgan fingerprint density at radius 2 is 2.45 bits per heavy atom. The SMILES string of the molecule is CCC[C@H]1C(=O)[C@H]2CC=C[C@H]21. The summed E-state index contributed by atoms with van der Waals surface area (Å²) in [6, 6.07) is 0. The van der Waals surface area contributed by atoms with Gasteiger partial charge < -0.3 is 0 Å². The molecule has 1 nitrogen and oxygen atoms in total. The standard InChI is InChI=1S/C10H14O/c1-2-4-8-7-5-3-6-9(7)10(8)11/h3,5,7-9H,2,4,6H2,1H3/t7-,8+,9-/m0/s1. The molecule has 0 unspecified atom stereocenters. The Morgan fingerprint density at radius 3 is 3.18 bits per heavy atom. The number of allylic oxidation sites excluding steroid dienone is 2. The van der Waals surface area contributed by atoms with E-state index in [1.165, 1.54) is 0 Å². The predicted octanol–water partition coefficient (Wildman–Crippen LogP) is 2.18. The first-order valence-electron chi connectivity index (χ1n) is 4.55. The predicted molar refractivity (Wildman–Crippen MR) is 44.1 cm³/mol. The van der Waals surface area contributed by atoms with Gasteiger partial charge in [-0.2, -0.15) is 0 Å². The van der Waals surface area contributed by atoms with Gasteiger partial charge in [0, 0.05) is 11.8 Å². The van der Waals surface area contributed by atoms with E-state index in [1.54, 1.807) is 0 Å². The molecule has 0 bridgehead atoms. The van der Waals surface area contributed by atoms with Crippen molar-refractivity contribution >= 4 is 5.78 Å². The molecule has 2 aliphatic rings. The lowest BCUT2D eigenvalue weighted by Crippen LogP contribution is -2.44. The van der Waals surface area contributed by atoms with Gasteiger partial charge >= 0.3 is 0 Å². The molecule has 1 saturated carbocycles. The molecular weight excluding hydrogens is 136 g/mol. The fourth-order valence-corrected chi connectivity index (χ4v) is 2.39. The molecule has 3 atom stereocenters. The van der Waals surface area contributed by atoms with E-state index in [4.69, 9.17) is 0 Å². The Labute approximate surface area is 67.5 Å². The van der Waals surface area contributed by atoms with E-state index in [0.717, 1.165) is 19.3 Å². The lowest BCUT2D eigenvalue weighted by molar-refractivity contribution is -0.139. The van der Waals surface area contributed by atoms with Gasteiger partial charge in [0.25, 0.3) is 0 Å². The Hall–Kier alpha value is -0.590. The average Bonchev–Trinajstić information content (AvgIpc) is 2.44. The van der Waals surface area contributed by atoms with E-state index in [1.807, 2.05) is 0 Å². The lowest BCUT2D eigenvalue weighted by atomic mass is 9.64. The third-order valence-corrected chi connectivity index (χ3v) is 3.01. The lowest BCUT2D eigenvalue weighted by Gasteiger charge is -2.38. The first kappa shape index (κ1) is 7.08. The maximum absolute atomic E-state index is 11.4. The van der Waals surface area contributed by atoms with E-state index in [0.29, 0.717) is 23.5 Å². The molecule has 0 spiro atoms. The van der Waals surface area contributed by atoms with Crippen molar-refractivity contribution in [2.75, 3.05) is 0 Å². The van der Waals surface area contributed by atoms with Crippen LogP contribution in [-0.2, 0) is 4.79 Å². The van der Waals surface area contributed by atoms with Gasteiger partial charge in [0.2, 0.25) is 0 Å². The van der Waals surface area contributed by atoms with E-state index < -0.39 is 0 Å². The van der Waals surface area contributed by atoms with Crippen molar-refractivity contribution in [3.8, 4) is 0 Å². The van der Waals surface area contributed by atoms with Crippen LogP contribution in [0.4, 0.5) is 0 Å². The Balaban J connectivity index is 2.02. The van der Waals surface area contributed by atoms with Gasteiger partial charge in [-0.15, -0.1) is 0 Å². The molecular formula is C10H14O. The Bertz CT molecular complexity index is 205. The van der Waals surface area contributed by atoms with Gasteiger partial charge in [0.1, 0.15) is 5.78 Å². The van der Waals surface area contributed by atoms with Gasteiger partial charge in [-0.25, -0.2) is 0 Å². The van der Waals surface area contributed by atoms with Gasteiger partial charge in [0.05, 0.1) is 0 Å². The summed E-state index contributed by atoms with van der Waals surface area (Å²) in [5, 5.41) is 0. The summed E-state index contributed by atoms with van der Waals surface area (Å²) in [5.41, 5.74) is 0. The van der Waals surface area contributed by atoms with E-state index >= 15 is 0 Å². The summed E-state index contributed by atoms with van der Waals surface area (Å²) in [7, 11) is 0. The molecule has 0 amide bonds. The Kier molecular flexibility index (Phi) is 1.59. The summed E-state index contributed by atoms with van der Waals surface area (Å²) in [6.07, 6.45) is 7.68. The molecule has 0 heterocycles. The minimum absolute atomic E-state index is 0.392. The van der Waals surface area contributed by atoms with Crippen LogP contribution in [0.2, 0.25) is 0 Å². The van der Waals surface area contributed by atoms with Crippen LogP contribution in [0.3, 0.4) is 0 Å². The van der Waals surface area contributed by atoms with Gasteiger partial charge in [-0.1, -0.05) is 25.5 Å². The van der Waals surface area contributed by atoms with Crippen molar-refractivity contribution in [1.82, 2.24) is 0 Å². The number of Topliss-reactive ketones (excluding diaryl/α,β-unsaturated/α-hetero) is 1. The first-order chi connectivity index (χ1) is 5.34. The van der Waals surface area contributed by atoms with Crippen LogP contribution in [0.15, 0.2) is 12.2 Å². The molecule has 60 valence electrons. The highest BCUT2D eigenvalue weighted by atomic mass is 16.1. The molecule has 1 fully saturated rings. The van der Waals surface area contributed by atoms with E-state index in [9.17, 15) is 4.79 Å². The Morgan fingerprint density at radius 1 is 1.64 bits per heavy atom. The number of carbonyl (C=O) groups excluding carboxylic acids is 1. The van der Waals surface area contributed by atoms with Crippen LogP contribution in [-0.4, -0.2) is 5.78 Å². The van der Waals surface area contributed by atoms with Crippen LogP contribution >= 0.6 is 0 Å².